The number of hydrogen-bond acceptors (Lipinski definition) is 1. The summed E-state index contributed by atoms with van der Waals surface area (Å²) in [5.41, 5.74) is 5.39. The molecule has 0 aromatic carbocycles. The van der Waals surface area contributed by atoms with Gasteiger partial charge < -0.3 is 0 Å². The first-order valence-electron chi connectivity index (χ1n) is 6.60. The van der Waals surface area contributed by atoms with Crippen molar-refractivity contribution in [3.05, 3.63) is 35.2 Å². The van der Waals surface area contributed by atoms with Crippen LogP contribution in [0.1, 0.15) is 58.4 Å². The molecule has 2 rings (SSSR count). The van der Waals surface area contributed by atoms with Crippen LogP contribution in [-0.2, 0) is 10.8 Å². The van der Waals surface area contributed by atoms with E-state index >= 15 is 0 Å². The maximum absolute atomic E-state index is 4.63. The van der Waals surface area contributed by atoms with E-state index in [1.54, 1.807) is 0 Å². The highest BCUT2D eigenvalue weighted by atomic mass is 15.2. The van der Waals surface area contributed by atoms with Crippen molar-refractivity contribution in [1.82, 2.24) is 9.61 Å². The van der Waals surface area contributed by atoms with Crippen LogP contribution in [-0.4, -0.2) is 9.61 Å². The van der Waals surface area contributed by atoms with E-state index in [1.807, 2.05) is 6.20 Å². The number of aromatic nitrogens is 2. The molecule has 2 heterocycles. The lowest BCUT2D eigenvalue weighted by Gasteiger charge is -2.22. The third-order valence-corrected chi connectivity index (χ3v) is 3.44. The second kappa shape index (κ2) is 3.84. The molecular formula is C16H24N2. The van der Waals surface area contributed by atoms with Crippen LogP contribution in [0.2, 0.25) is 0 Å². The Hall–Kier alpha value is -1.31. The summed E-state index contributed by atoms with van der Waals surface area (Å²) >= 11 is 0. The Bertz CT molecular complexity index is 577. The molecule has 0 atom stereocenters. The fraction of sp³-hybridized carbons (Fsp3) is 0.562. The van der Waals surface area contributed by atoms with Gasteiger partial charge in [-0.1, -0.05) is 47.6 Å². The van der Waals surface area contributed by atoms with Crippen molar-refractivity contribution < 1.29 is 0 Å². The van der Waals surface area contributed by atoms with Crippen LogP contribution < -0.4 is 0 Å². The zero-order valence-electron chi connectivity index (χ0n) is 12.6. The molecule has 0 N–H and O–H groups in total. The van der Waals surface area contributed by atoms with Crippen molar-refractivity contribution in [2.24, 2.45) is 0 Å². The molecule has 0 unspecified atom stereocenters. The SMILES string of the molecule is Cc1ccc(C(C)(C)C)n2ncc(C(C)(C)C)c12. The van der Waals surface area contributed by atoms with Crippen molar-refractivity contribution in [3.8, 4) is 0 Å². The molecule has 0 amide bonds. The molecule has 2 aromatic rings. The smallest absolute Gasteiger partial charge is 0.0731 e. The Morgan fingerprint density at radius 3 is 2.06 bits per heavy atom. The first-order valence-corrected chi connectivity index (χ1v) is 6.60. The Morgan fingerprint density at radius 2 is 1.56 bits per heavy atom. The topological polar surface area (TPSA) is 17.3 Å². The molecule has 2 nitrogen and oxygen atoms in total. The Balaban J connectivity index is 2.84. The highest BCUT2D eigenvalue weighted by Gasteiger charge is 2.24. The molecule has 0 fully saturated rings. The fourth-order valence-corrected chi connectivity index (χ4v) is 2.38. The van der Waals surface area contributed by atoms with Crippen LogP contribution in [0, 0.1) is 6.92 Å². The molecule has 0 saturated heterocycles. The first kappa shape index (κ1) is 13.1. The molecule has 0 bridgehead atoms. The van der Waals surface area contributed by atoms with Gasteiger partial charge in [0.15, 0.2) is 0 Å². The summed E-state index contributed by atoms with van der Waals surface area (Å²) in [6.45, 7) is 15.6. The van der Waals surface area contributed by atoms with E-state index in [4.69, 9.17) is 0 Å². The molecule has 18 heavy (non-hydrogen) atoms. The highest BCUT2D eigenvalue weighted by Crippen LogP contribution is 2.31. The number of fused-ring (bicyclic) bond motifs is 1. The molecule has 0 aliphatic heterocycles. The highest BCUT2D eigenvalue weighted by molar-refractivity contribution is 5.63. The van der Waals surface area contributed by atoms with Crippen LogP contribution in [0.4, 0.5) is 0 Å². The molecule has 0 spiro atoms. The lowest BCUT2D eigenvalue weighted by molar-refractivity contribution is 0.548. The van der Waals surface area contributed by atoms with E-state index < -0.39 is 0 Å². The van der Waals surface area contributed by atoms with E-state index in [-0.39, 0.29) is 10.8 Å². The molecule has 0 aliphatic rings. The van der Waals surface area contributed by atoms with E-state index in [9.17, 15) is 0 Å². The number of aryl methyl sites for hydroxylation is 1. The molecule has 0 radical (unpaired) electrons. The van der Waals surface area contributed by atoms with Gasteiger partial charge in [-0.3, -0.25) is 0 Å². The van der Waals surface area contributed by atoms with Crippen molar-refractivity contribution in [2.75, 3.05) is 0 Å². The van der Waals surface area contributed by atoms with Crippen molar-refractivity contribution in [1.29, 1.82) is 0 Å². The van der Waals surface area contributed by atoms with E-state index in [2.05, 4.69) is 70.2 Å². The second-order valence-corrected chi connectivity index (χ2v) is 7.22. The third-order valence-electron chi connectivity index (χ3n) is 3.44. The molecule has 0 saturated carbocycles. The zero-order chi connectivity index (χ0) is 13.7. The van der Waals surface area contributed by atoms with Gasteiger partial charge in [0.05, 0.1) is 11.7 Å². The lowest BCUT2D eigenvalue weighted by Crippen LogP contribution is -2.18. The number of pyridine rings is 1. The summed E-state index contributed by atoms with van der Waals surface area (Å²) in [4.78, 5) is 0. The minimum absolute atomic E-state index is 0.104. The fourth-order valence-electron chi connectivity index (χ4n) is 2.38. The van der Waals surface area contributed by atoms with Crippen molar-refractivity contribution in [3.63, 3.8) is 0 Å². The molecule has 2 heteroatoms. The largest absolute Gasteiger partial charge is 0.237 e. The van der Waals surface area contributed by atoms with Gasteiger partial charge in [0.1, 0.15) is 0 Å². The minimum Gasteiger partial charge on any atom is -0.237 e. The Labute approximate surface area is 110 Å². The number of nitrogens with zero attached hydrogens (tertiary/aromatic N) is 2. The minimum atomic E-state index is 0.104. The third kappa shape index (κ3) is 2.05. The van der Waals surface area contributed by atoms with E-state index in [0.717, 1.165) is 0 Å². The van der Waals surface area contributed by atoms with Gasteiger partial charge >= 0.3 is 0 Å². The zero-order valence-corrected chi connectivity index (χ0v) is 12.6. The van der Waals surface area contributed by atoms with Gasteiger partial charge in [0.2, 0.25) is 0 Å². The lowest BCUT2D eigenvalue weighted by atomic mass is 9.86. The van der Waals surface area contributed by atoms with Gasteiger partial charge in [-0.05, 0) is 24.0 Å². The van der Waals surface area contributed by atoms with Gasteiger partial charge in [0, 0.05) is 16.7 Å². The monoisotopic (exact) mass is 244 g/mol. The summed E-state index contributed by atoms with van der Waals surface area (Å²) in [6, 6.07) is 4.41. The standard InChI is InChI=1S/C16H24N2/c1-11-8-9-13(16(5,6)7)18-14(11)12(10-17-18)15(2,3)4/h8-10H,1-7H3. The normalized spacial score (nSPS) is 13.3. The van der Waals surface area contributed by atoms with E-state index in [0.29, 0.717) is 0 Å². The van der Waals surface area contributed by atoms with Gasteiger partial charge in [-0.25, -0.2) is 4.52 Å². The molecule has 2 aromatic heterocycles. The van der Waals surface area contributed by atoms with Crippen molar-refractivity contribution >= 4 is 5.52 Å². The first-order chi connectivity index (χ1) is 8.12. The quantitative estimate of drug-likeness (QED) is 0.677. The van der Waals surface area contributed by atoms with Crippen LogP contribution in [0.25, 0.3) is 5.52 Å². The number of hydrogen-bond donors (Lipinski definition) is 0. The summed E-state index contributed by atoms with van der Waals surface area (Å²) in [5, 5.41) is 4.63. The molecular weight excluding hydrogens is 220 g/mol. The second-order valence-electron chi connectivity index (χ2n) is 7.22. The predicted octanol–water partition coefficient (Wildman–Crippen LogP) is 4.24. The number of rotatable bonds is 0. The van der Waals surface area contributed by atoms with Crippen LogP contribution in [0.3, 0.4) is 0 Å². The van der Waals surface area contributed by atoms with Crippen LogP contribution in [0.15, 0.2) is 18.3 Å². The summed E-state index contributed by atoms with van der Waals surface area (Å²) < 4.78 is 2.12. The maximum atomic E-state index is 4.63. The van der Waals surface area contributed by atoms with Crippen molar-refractivity contribution in [2.45, 2.75) is 59.3 Å². The predicted molar refractivity (Wildman–Crippen MR) is 77.3 cm³/mol. The Kier molecular flexibility index (Phi) is 2.80. The van der Waals surface area contributed by atoms with Crippen LogP contribution >= 0.6 is 0 Å². The van der Waals surface area contributed by atoms with Gasteiger partial charge in [0.25, 0.3) is 0 Å². The maximum Gasteiger partial charge on any atom is 0.0731 e. The summed E-state index contributed by atoms with van der Waals surface area (Å²) in [5.74, 6) is 0. The average Bonchev–Trinajstić information content (AvgIpc) is 2.60. The summed E-state index contributed by atoms with van der Waals surface area (Å²) in [7, 11) is 0. The Morgan fingerprint density at radius 1 is 0.944 bits per heavy atom. The van der Waals surface area contributed by atoms with Gasteiger partial charge in [-0.15, -0.1) is 0 Å². The van der Waals surface area contributed by atoms with E-state index in [1.165, 1.54) is 22.3 Å². The average molecular weight is 244 g/mol. The molecule has 98 valence electrons. The summed E-state index contributed by atoms with van der Waals surface area (Å²) in [6.07, 6.45) is 2.03. The molecule has 0 aliphatic carbocycles. The van der Waals surface area contributed by atoms with Crippen LogP contribution in [0.5, 0.6) is 0 Å². The van der Waals surface area contributed by atoms with Gasteiger partial charge in [-0.2, -0.15) is 5.10 Å².